The molecule has 5 nitrogen and oxygen atoms in total. The largest absolute Gasteiger partial charge is 0.489 e. The first-order valence-electron chi connectivity index (χ1n) is 6.87. The van der Waals surface area contributed by atoms with Crippen molar-refractivity contribution in [2.75, 3.05) is 18.1 Å². The third-order valence-corrected chi connectivity index (χ3v) is 5.02. The third-order valence-electron chi connectivity index (χ3n) is 2.98. The molecule has 0 amide bonds. The second kappa shape index (κ2) is 6.93. The minimum absolute atomic E-state index is 0.0281. The van der Waals surface area contributed by atoms with Crippen LogP contribution in [0.4, 0.5) is 5.82 Å². The van der Waals surface area contributed by atoms with Crippen LogP contribution in [0.1, 0.15) is 6.92 Å². The number of para-hydroxylation sites is 1. The van der Waals surface area contributed by atoms with Crippen LogP contribution in [0.3, 0.4) is 0 Å². The van der Waals surface area contributed by atoms with E-state index in [0.29, 0.717) is 6.54 Å². The van der Waals surface area contributed by atoms with Gasteiger partial charge in [0.2, 0.25) is 0 Å². The first-order valence-corrected chi connectivity index (χ1v) is 8.91. The SMILES string of the molecule is CSc1nc2ncnc(NCC(C)Oc3ccccc3)c2s1. The summed E-state index contributed by atoms with van der Waals surface area (Å²) in [6, 6.07) is 9.80. The molecule has 3 rings (SSSR count). The van der Waals surface area contributed by atoms with Gasteiger partial charge in [0.25, 0.3) is 0 Å². The number of hydrogen-bond donors (Lipinski definition) is 1. The summed E-state index contributed by atoms with van der Waals surface area (Å²) in [5.74, 6) is 1.68. The molecule has 1 N–H and O–H groups in total. The number of thioether (sulfide) groups is 1. The van der Waals surface area contributed by atoms with Crippen LogP contribution in [-0.2, 0) is 0 Å². The number of benzene rings is 1. The summed E-state index contributed by atoms with van der Waals surface area (Å²) < 4.78 is 7.83. The van der Waals surface area contributed by atoms with E-state index in [1.165, 1.54) is 6.33 Å². The van der Waals surface area contributed by atoms with E-state index < -0.39 is 0 Å². The molecule has 0 saturated carbocycles. The van der Waals surface area contributed by atoms with Gasteiger partial charge in [0.1, 0.15) is 28.7 Å². The molecule has 114 valence electrons. The number of thiazole rings is 1. The van der Waals surface area contributed by atoms with Crippen LogP contribution in [-0.4, -0.2) is 33.9 Å². The Bertz CT molecular complexity index is 748. The van der Waals surface area contributed by atoms with Gasteiger partial charge in [0.15, 0.2) is 9.99 Å². The standard InChI is InChI=1S/C15H16N4OS2/c1-10(20-11-6-4-3-5-7-11)8-16-13-12-14(18-9-17-13)19-15(21-2)22-12/h3-7,9-10H,8H2,1-2H3,(H,16,17,18). The summed E-state index contributed by atoms with van der Waals surface area (Å²) in [6.45, 7) is 2.69. The topological polar surface area (TPSA) is 59.9 Å². The molecule has 0 radical (unpaired) electrons. The summed E-state index contributed by atoms with van der Waals surface area (Å²) in [6.07, 6.45) is 3.57. The lowest BCUT2D eigenvalue weighted by atomic mass is 10.3. The summed E-state index contributed by atoms with van der Waals surface area (Å²) in [5.41, 5.74) is 0.739. The summed E-state index contributed by atoms with van der Waals surface area (Å²) >= 11 is 3.22. The van der Waals surface area contributed by atoms with Gasteiger partial charge >= 0.3 is 0 Å². The molecular formula is C15H16N4OS2. The molecule has 0 aliphatic carbocycles. The van der Waals surface area contributed by atoms with E-state index in [4.69, 9.17) is 4.74 Å². The molecule has 22 heavy (non-hydrogen) atoms. The number of nitrogens with zero attached hydrogens (tertiary/aromatic N) is 3. The molecule has 1 unspecified atom stereocenters. The van der Waals surface area contributed by atoms with Gasteiger partial charge < -0.3 is 10.1 Å². The lowest BCUT2D eigenvalue weighted by molar-refractivity contribution is 0.234. The van der Waals surface area contributed by atoms with Crippen LogP contribution in [0.15, 0.2) is 41.0 Å². The van der Waals surface area contributed by atoms with Crippen molar-refractivity contribution in [3.05, 3.63) is 36.7 Å². The van der Waals surface area contributed by atoms with Crippen LogP contribution >= 0.6 is 23.1 Å². The number of nitrogens with one attached hydrogen (secondary N) is 1. The molecule has 1 aromatic carbocycles. The predicted molar refractivity (Wildman–Crippen MR) is 92.0 cm³/mol. The molecule has 0 spiro atoms. The average molecular weight is 332 g/mol. The van der Waals surface area contributed by atoms with Gasteiger partial charge in [0.05, 0.1) is 6.54 Å². The van der Waals surface area contributed by atoms with E-state index in [9.17, 15) is 0 Å². The molecule has 1 atom stereocenters. The van der Waals surface area contributed by atoms with Gasteiger partial charge in [-0.2, -0.15) is 0 Å². The second-order valence-electron chi connectivity index (χ2n) is 4.68. The van der Waals surface area contributed by atoms with Crippen molar-refractivity contribution in [2.24, 2.45) is 0 Å². The smallest absolute Gasteiger partial charge is 0.176 e. The lowest BCUT2D eigenvalue weighted by Gasteiger charge is -2.15. The van der Waals surface area contributed by atoms with Crippen LogP contribution < -0.4 is 10.1 Å². The number of fused-ring (bicyclic) bond motifs is 1. The fourth-order valence-corrected chi connectivity index (χ4v) is 3.44. The maximum atomic E-state index is 5.85. The number of ether oxygens (including phenoxy) is 1. The fraction of sp³-hybridized carbons (Fsp3) is 0.267. The normalized spacial score (nSPS) is 12.3. The zero-order valence-corrected chi connectivity index (χ0v) is 13.9. The summed E-state index contributed by atoms with van der Waals surface area (Å²) in [5, 5.41) is 3.33. The van der Waals surface area contributed by atoms with Gasteiger partial charge in [-0.05, 0) is 25.3 Å². The Morgan fingerprint density at radius 3 is 2.86 bits per heavy atom. The maximum Gasteiger partial charge on any atom is 0.176 e. The summed E-state index contributed by atoms with van der Waals surface area (Å²) in [7, 11) is 0. The van der Waals surface area contributed by atoms with Crippen molar-refractivity contribution in [2.45, 2.75) is 17.4 Å². The number of rotatable bonds is 6. The predicted octanol–water partition coefficient (Wildman–Crippen LogP) is 3.69. The van der Waals surface area contributed by atoms with Gasteiger partial charge in [0, 0.05) is 0 Å². The fourth-order valence-electron chi connectivity index (χ4n) is 1.96. The van der Waals surface area contributed by atoms with E-state index in [2.05, 4.69) is 20.3 Å². The highest BCUT2D eigenvalue weighted by Crippen LogP contribution is 2.30. The Morgan fingerprint density at radius 1 is 1.27 bits per heavy atom. The second-order valence-corrected chi connectivity index (χ2v) is 6.73. The number of aromatic nitrogens is 3. The molecule has 0 aliphatic heterocycles. The minimum atomic E-state index is 0.0281. The number of anilines is 1. The van der Waals surface area contributed by atoms with Gasteiger partial charge in [-0.1, -0.05) is 30.0 Å². The van der Waals surface area contributed by atoms with Crippen LogP contribution in [0.2, 0.25) is 0 Å². The van der Waals surface area contributed by atoms with Crippen LogP contribution in [0.25, 0.3) is 10.3 Å². The minimum Gasteiger partial charge on any atom is -0.489 e. The zero-order valence-electron chi connectivity index (χ0n) is 12.3. The molecular weight excluding hydrogens is 316 g/mol. The maximum absolute atomic E-state index is 5.85. The highest BCUT2D eigenvalue weighted by molar-refractivity contribution is 8.00. The zero-order chi connectivity index (χ0) is 15.4. The van der Waals surface area contributed by atoms with E-state index in [0.717, 1.165) is 26.3 Å². The Hall–Kier alpha value is -1.86. The Balaban J connectivity index is 1.67. The number of hydrogen-bond acceptors (Lipinski definition) is 7. The van der Waals surface area contributed by atoms with Crippen LogP contribution in [0.5, 0.6) is 5.75 Å². The van der Waals surface area contributed by atoms with Crippen LogP contribution in [0, 0.1) is 0 Å². The Labute approximate surface area is 137 Å². The highest BCUT2D eigenvalue weighted by Gasteiger charge is 2.11. The van der Waals surface area contributed by atoms with Crippen molar-refractivity contribution in [1.29, 1.82) is 0 Å². The van der Waals surface area contributed by atoms with Crippen molar-refractivity contribution in [1.82, 2.24) is 15.0 Å². The molecule has 0 fully saturated rings. The van der Waals surface area contributed by atoms with E-state index in [1.807, 2.05) is 43.5 Å². The first-order chi connectivity index (χ1) is 10.8. The first kappa shape index (κ1) is 15.1. The molecule has 2 aromatic heterocycles. The summed E-state index contributed by atoms with van der Waals surface area (Å²) in [4.78, 5) is 13.0. The molecule has 7 heteroatoms. The Kier molecular flexibility index (Phi) is 4.74. The monoisotopic (exact) mass is 332 g/mol. The van der Waals surface area contributed by atoms with E-state index in [-0.39, 0.29) is 6.10 Å². The molecule has 3 aromatic rings. The molecule has 0 aliphatic rings. The average Bonchev–Trinajstić information content (AvgIpc) is 2.97. The van der Waals surface area contributed by atoms with Gasteiger partial charge in [-0.3, -0.25) is 0 Å². The molecule has 2 heterocycles. The van der Waals surface area contributed by atoms with Gasteiger partial charge in [-0.15, -0.1) is 11.3 Å². The molecule has 0 bridgehead atoms. The van der Waals surface area contributed by atoms with E-state index >= 15 is 0 Å². The van der Waals surface area contributed by atoms with E-state index in [1.54, 1.807) is 23.1 Å². The highest BCUT2D eigenvalue weighted by atomic mass is 32.2. The Morgan fingerprint density at radius 2 is 2.09 bits per heavy atom. The van der Waals surface area contributed by atoms with Gasteiger partial charge in [-0.25, -0.2) is 15.0 Å². The van der Waals surface area contributed by atoms with Crippen molar-refractivity contribution in [3.8, 4) is 5.75 Å². The van der Waals surface area contributed by atoms with Crippen molar-refractivity contribution < 1.29 is 4.74 Å². The lowest BCUT2D eigenvalue weighted by Crippen LogP contribution is -2.23. The van der Waals surface area contributed by atoms with Crippen molar-refractivity contribution >= 4 is 39.3 Å². The third kappa shape index (κ3) is 3.48. The quantitative estimate of drug-likeness (QED) is 0.695. The molecule has 0 saturated heterocycles. The van der Waals surface area contributed by atoms with Crippen molar-refractivity contribution in [3.63, 3.8) is 0 Å².